The van der Waals surface area contributed by atoms with Crippen molar-refractivity contribution in [2.75, 3.05) is 26.8 Å². The molecule has 1 atom stereocenters. The Morgan fingerprint density at radius 1 is 1.15 bits per heavy atom. The number of hydrogen-bond acceptors (Lipinski definition) is 7. The van der Waals surface area contributed by atoms with Gasteiger partial charge in [-0.3, -0.25) is 4.79 Å². The topological polar surface area (TPSA) is 98.6 Å². The zero-order valence-corrected chi connectivity index (χ0v) is 28.9. The van der Waals surface area contributed by atoms with Crippen molar-refractivity contribution in [2.45, 2.75) is 49.9 Å². The van der Waals surface area contributed by atoms with Crippen LogP contribution in [0.15, 0.2) is 76.7 Å². The first-order valence-electron chi connectivity index (χ1n) is 15.1. The number of alkyl halides is 5. The molecule has 1 fully saturated rings. The minimum absolute atomic E-state index is 0.00965. The number of nitrogens with zero attached hydrogens (tertiary/aromatic N) is 4. The summed E-state index contributed by atoms with van der Waals surface area (Å²) in [5, 5.41) is 4.97. The number of urea groups is 1. The van der Waals surface area contributed by atoms with Gasteiger partial charge in [0.1, 0.15) is 0 Å². The van der Waals surface area contributed by atoms with Gasteiger partial charge in [-0.05, 0) is 30.5 Å². The first-order valence-corrected chi connectivity index (χ1v) is 18.9. The van der Waals surface area contributed by atoms with Gasteiger partial charge >= 0.3 is 209 Å². The van der Waals surface area contributed by atoms with Crippen molar-refractivity contribution < 1.29 is 48.7 Å². The van der Waals surface area contributed by atoms with E-state index in [1.54, 1.807) is 28.4 Å². The maximum absolute atomic E-state index is 12.8. The molecular weight excluding hydrogens is 744 g/mol. The number of aliphatic imine (C=N–C) groups is 2. The Balaban J connectivity index is 1.14. The number of hydrazine groups is 1. The van der Waals surface area contributed by atoms with E-state index in [1.165, 1.54) is 23.9 Å². The molecule has 1 saturated heterocycles. The fourth-order valence-corrected chi connectivity index (χ4v) is 8.18. The molecule has 0 spiro atoms. The summed E-state index contributed by atoms with van der Waals surface area (Å²) in [4.78, 5) is 36.1. The van der Waals surface area contributed by atoms with Crippen molar-refractivity contribution in [2.24, 2.45) is 9.98 Å². The van der Waals surface area contributed by atoms with Crippen LogP contribution >= 0.6 is 11.8 Å². The Morgan fingerprint density at radius 2 is 1.96 bits per heavy atom. The van der Waals surface area contributed by atoms with Gasteiger partial charge in [-0.2, -0.15) is 0 Å². The molecule has 14 heteroatoms. The number of benzene rings is 3. The predicted molar refractivity (Wildman–Crippen MR) is 176 cm³/mol. The Morgan fingerprint density at radius 3 is 2.72 bits per heavy atom. The van der Waals surface area contributed by atoms with Crippen molar-refractivity contribution in [3.8, 4) is 5.75 Å². The first-order chi connectivity index (χ1) is 22.6. The van der Waals surface area contributed by atoms with Gasteiger partial charge in [-0.1, -0.05) is 25.5 Å². The number of carbonyl (C=O) groups excluding carboxylic acids is 2. The number of carbonyl (C=O) groups is 2. The molecular formula is C33H35F3IN6O3S-. The number of amidine groups is 1. The molecule has 2 aliphatic rings. The van der Waals surface area contributed by atoms with Gasteiger partial charge in [0.25, 0.3) is 0 Å². The maximum atomic E-state index is 12.8. The molecule has 5 rings (SSSR count). The van der Waals surface area contributed by atoms with Gasteiger partial charge in [0.15, 0.2) is 0 Å². The molecule has 0 bridgehead atoms. The molecule has 47 heavy (non-hydrogen) atoms. The normalized spacial score (nSPS) is 17.9. The van der Waals surface area contributed by atoms with Crippen LogP contribution in [0.2, 0.25) is 0 Å². The molecule has 0 aromatic heterocycles. The average Bonchev–Trinajstić information content (AvgIpc) is 3.22. The van der Waals surface area contributed by atoms with Crippen LogP contribution in [0.1, 0.15) is 46.1 Å². The summed E-state index contributed by atoms with van der Waals surface area (Å²) in [7, 11) is 0. The molecule has 3 aromatic rings. The van der Waals surface area contributed by atoms with Crippen molar-refractivity contribution in [3.05, 3.63) is 89.0 Å². The van der Waals surface area contributed by atoms with Crippen LogP contribution in [0.25, 0.3) is 0 Å². The second-order valence-corrected chi connectivity index (χ2v) is 14.6. The van der Waals surface area contributed by atoms with E-state index >= 15 is 0 Å². The van der Waals surface area contributed by atoms with E-state index < -0.39 is 33.6 Å². The standard InChI is InChI=1S/C33H35F3IN6O3S/c1-3-6-24-11-10-22(2)17-28(24)43-29(44)19-47-32(43)41-31(45)38-16-5-8-23-7-4-9-25(18-23)30-37-20-40-42(21-39-30)26-12-14-27(15-13-26)46-33(34,35)36/h4,7,9-15,17-18,21,30,40H,3,5-6,8,16,19-20H2,1-2H3,(H,38,45)/q-1. The zero-order chi connectivity index (χ0) is 33.4. The van der Waals surface area contributed by atoms with E-state index in [9.17, 15) is 22.8 Å². The third-order valence-electron chi connectivity index (χ3n) is 7.22. The SMILES string of the molecule is CCCc1ccc(C)cc1N1C(=O)CSC1=NC(=O)NCCCc1cccc(C2N=CN(c3ccc(OC(F)(F)F)cc3)NC[I-]2)c1. The quantitative estimate of drug-likeness (QED) is 0.141. The van der Waals surface area contributed by atoms with Gasteiger partial charge < -0.3 is 0 Å². The Hall–Kier alpha value is -3.63. The Bertz CT molecular complexity index is 1640. The fraction of sp³-hybridized carbons (Fsp3) is 0.333. The number of ether oxygens (including phenoxy) is 1. The number of thioether (sulfide) groups is 1. The summed E-state index contributed by atoms with van der Waals surface area (Å²) in [5.74, 6) is -0.114. The molecule has 9 nitrogen and oxygen atoms in total. The van der Waals surface area contributed by atoms with E-state index in [-0.39, 0.29) is 21.5 Å². The van der Waals surface area contributed by atoms with Crippen molar-refractivity contribution in [3.63, 3.8) is 0 Å². The van der Waals surface area contributed by atoms with Gasteiger partial charge in [0.05, 0.1) is 11.4 Å². The van der Waals surface area contributed by atoms with Gasteiger partial charge in [0.2, 0.25) is 5.91 Å². The minimum atomic E-state index is -4.74. The number of amides is 3. The number of halogens is 4. The summed E-state index contributed by atoms with van der Waals surface area (Å²) in [5.41, 5.74) is 9.05. The Kier molecular flexibility index (Phi) is 11.8. The molecule has 2 heterocycles. The van der Waals surface area contributed by atoms with Gasteiger partial charge in [0, 0.05) is 0 Å². The van der Waals surface area contributed by atoms with E-state index in [0.717, 1.165) is 47.2 Å². The monoisotopic (exact) mass is 779 g/mol. The number of hydrogen-bond donors (Lipinski definition) is 2. The zero-order valence-electron chi connectivity index (χ0n) is 25.9. The van der Waals surface area contributed by atoms with Crippen LogP contribution < -0.4 is 46.6 Å². The summed E-state index contributed by atoms with van der Waals surface area (Å²) in [6, 6.07) is 19.4. The second-order valence-electron chi connectivity index (χ2n) is 10.8. The predicted octanol–water partition coefficient (Wildman–Crippen LogP) is 3.72. The number of anilines is 2. The number of nitrogens with one attached hydrogen (secondary N) is 2. The van der Waals surface area contributed by atoms with Crippen LogP contribution in [-0.4, -0.2) is 46.7 Å². The molecule has 0 radical (unpaired) electrons. The molecule has 2 N–H and O–H groups in total. The average molecular weight is 780 g/mol. The summed E-state index contributed by atoms with van der Waals surface area (Å²) < 4.78 is 42.1. The summed E-state index contributed by atoms with van der Waals surface area (Å²) >= 11 is 0.870. The summed E-state index contributed by atoms with van der Waals surface area (Å²) in [6.07, 6.45) is 0.161. The fourth-order valence-electron chi connectivity index (χ4n) is 5.07. The number of aryl methyl sites for hydroxylation is 3. The molecule has 2 aliphatic heterocycles. The molecule has 3 amide bonds. The van der Waals surface area contributed by atoms with Crippen LogP contribution in [0.4, 0.5) is 29.3 Å². The molecule has 0 saturated carbocycles. The van der Waals surface area contributed by atoms with Gasteiger partial charge in [-0.15, -0.1) is 0 Å². The van der Waals surface area contributed by atoms with E-state index in [1.807, 2.05) is 37.3 Å². The molecule has 3 aromatic carbocycles. The van der Waals surface area contributed by atoms with Crippen LogP contribution in [0.3, 0.4) is 0 Å². The third-order valence-corrected chi connectivity index (χ3v) is 10.8. The van der Waals surface area contributed by atoms with Crippen LogP contribution in [0, 0.1) is 6.92 Å². The third kappa shape index (κ3) is 9.70. The van der Waals surface area contributed by atoms with Crippen molar-refractivity contribution >= 4 is 46.6 Å². The van der Waals surface area contributed by atoms with Crippen molar-refractivity contribution in [1.82, 2.24) is 10.7 Å². The summed E-state index contributed by atoms with van der Waals surface area (Å²) in [6.45, 7) is 4.51. The molecule has 1 unspecified atom stereocenters. The molecule has 0 aliphatic carbocycles. The van der Waals surface area contributed by atoms with Crippen molar-refractivity contribution in [1.29, 1.82) is 0 Å². The van der Waals surface area contributed by atoms with E-state index in [2.05, 4.69) is 39.5 Å². The van der Waals surface area contributed by atoms with E-state index in [0.29, 0.717) is 28.4 Å². The Labute approximate surface area is 286 Å². The van der Waals surface area contributed by atoms with Crippen LogP contribution in [0.5, 0.6) is 5.75 Å². The number of rotatable bonds is 10. The first kappa shape index (κ1) is 34.7. The van der Waals surface area contributed by atoms with Gasteiger partial charge in [-0.25, -0.2) is 0 Å². The second kappa shape index (κ2) is 16.0. The molecule has 250 valence electrons. The van der Waals surface area contributed by atoms with Crippen LogP contribution in [-0.2, 0) is 17.6 Å². The van der Waals surface area contributed by atoms with E-state index in [4.69, 9.17) is 4.99 Å².